The van der Waals surface area contributed by atoms with Crippen LogP contribution in [0.25, 0.3) is 22.0 Å². The Morgan fingerprint density at radius 1 is 1.06 bits per heavy atom. The number of aromatic nitrogens is 2. The Morgan fingerprint density at radius 2 is 1.88 bits per heavy atom. The van der Waals surface area contributed by atoms with Crippen LogP contribution in [0.5, 0.6) is 5.75 Å². The van der Waals surface area contributed by atoms with Crippen molar-refractivity contribution in [1.82, 2.24) is 9.97 Å². The van der Waals surface area contributed by atoms with Crippen LogP contribution in [0, 0.1) is 13.8 Å². The molecule has 5 nitrogen and oxygen atoms in total. The number of carbonyl (C=O) groups is 1. The molecule has 6 heteroatoms. The highest BCUT2D eigenvalue weighted by molar-refractivity contribution is 7.15. The third-order valence-electron chi connectivity index (χ3n) is 5.58. The van der Waals surface area contributed by atoms with Gasteiger partial charge in [-0.25, -0.2) is 4.98 Å². The number of pyridine rings is 1. The number of nitrogens with zero attached hydrogens (tertiary/aromatic N) is 3. The molecule has 1 unspecified atom stereocenters. The second kappa shape index (κ2) is 8.20. The van der Waals surface area contributed by atoms with Gasteiger partial charge in [0, 0.05) is 16.6 Å². The molecular weight excluding hydrogens is 418 g/mol. The molecule has 2 aromatic heterocycles. The molecule has 0 bridgehead atoms. The molecule has 5 rings (SSSR count). The topological polar surface area (TPSA) is 55.3 Å². The second-order valence-electron chi connectivity index (χ2n) is 7.99. The van der Waals surface area contributed by atoms with Gasteiger partial charge in [0.2, 0.25) is 0 Å². The van der Waals surface area contributed by atoms with Gasteiger partial charge in [-0.1, -0.05) is 35.9 Å². The molecular formula is C26H23N3O2S. The Balaban J connectivity index is 1.54. The average molecular weight is 442 g/mol. The summed E-state index contributed by atoms with van der Waals surface area (Å²) in [6.07, 6.45) is 1.26. The van der Waals surface area contributed by atoms with Crippen molar-refractivity contribution in [1.29, 1.82) is 0 Å². The van der Waals surface area contributed by atoms with Crippen LogP contribution in [-0.4, -0.2) is 22.0 Å². The van der Waals surface area contributed by atoms with Gasteiger partial charge in [0.15, 0.2) is 6.10 Å². The molecule has 4 aromatic rings. The number of hydrogen-bond donors (Lipinski definition) is 0. The van der Waals surface area contributed by atoms with E-state index in [1.165, 1.54) is 5.56 Å². The van der Waals surface area contributed by atoms with Gasteiger partial charge in [-0.2, -0.15) is 0 Å². The van der Waals surface area contributed by atoms with Gasteiger partial charge < -0.3 is 9.64 Å². The van der Waals surface area contributed by atoms with E-state index in [9.17, 15) is 4.79 Å². The van der Waals surface area contributed by atoms with Crippen molar-refractivity contribution in [2.75, 3.05) is 4.90 Å². The predicted octanol–water partition coefficient (Wildman–Crippen LogP) is 5.80. The van der Waals surface area contributed by atoms with E-state index in [4.69, 9.17) is 9.72 Å². The first-order valence-corrected chi connectivity index (χ1v) is 11.4. The minimum Gasteiger partial charge on any atom is -0.479 e. The van der Waals surface area contributed by atoms with E-state index in [-0.39, 0.29) is 5.91 Å². The zero-order valence-corrected chi connectivity index (χ0v) is 19.0. The van der Waals surface area contributed by atoms with E-state index in [2.05, 4.69) is 43.1 Å². The van der Waals surface area contributed by atoms with Gasteiger partial charge in [0.1, 0.15) is 10.8 Å². The van der Waals surface area contributed by atoms with Crippen LogP contribution < -0.4 is 9.64 Å². The first-order chi connectivity index (χ1) is 15.5. The van der Waals surface area contributed by atoms with Crippen molar-refractivity contribution < 1.29 is 9.53 Å². The van der Waals surface area contributed by atoms with Crippen LogP contribution in [0.1, 0.15) is 22.9 Å². The number of thiazole rings is 1. The van der Waals surface area contributed by atoms with Gasteiger partial charge in [0.25, 0.3) is 5.91 Å². The summed E-state index contributed by atoms with van der Waals surface area (Å²) in [4.78, 5) is 25.3. The molecule has 0 N–H and O–H groups in total. The monoisotopic (exact) mass is 441 g/mol. The fourth-order valence-electron chi connectivity index (χ4n) is 3.86. The lowest BCUT2D eigenvalue weighted by Crippen LogP contribution is -2.44. The summed E-state index contributed by atoms with van der Waals surface area (Å²) in [5.74, 6) is 0.671. The molecule has 1 amide bonds. The molecule has 3 heterocycles. The molecule has 1 atom stereocenters. The summed E-state index contributed by atoms with van der Waals surface area (Å²) in [5.41, 5.74) is 5.77. The van der Waals surface area contributed by atoms with Crippen molar-refractivity contribution in [3.05, 3.63) is 82.9 Å². The third-order valence-corrected chi connectivity index (χ3v) is 6.58. The average Bonchev–Trinajstić information content (AvgIpc) is 3.20. The summed E-state index contributed by atoms with van der Waals surface area (Å²) in [6, 6.07) is 20.1. The van der Waals surface area contributed by atoms with Crippen molar-refractivity contribution in [2.24, 2.45) is 0 Å². The van der Waals surface area contributed by atoms with Crippen molar-refractivity contribution >= 4 is 22.9 Å². The Labute approximate surface area is 191 Å². The van der Waals surface area contributed by atoms with Crippen LogP contribution in [0.3, 0.4) is 0 Å². The normalized spacial score (nSPS) is 15.4. The summed E-state index contributed by atoms with van der Waals surface area (Å²) in [6.45, 7) is 6.42. The smallest absolute Gasteiger partial charge is 0.268 e. The maximum atomic E-state index is 13.0. The molecule has 2 aromatic carbocycles. The second-order valence-corrected chi connectivity index (χ2v) is 9.19. The minimum atomic E-state index is -0.518. The summed E-state index contributed by atoms with van der Waals surface area (Å²) < 4.78 is 5.91. The van der Waals surface area contributed by atoms with E-state index in [1.807, 2.05) is 41.3 Å². The van der Waals surface area contributed by atoms with Crippen LogP contribution in [0.2, 0.25) is 0 Å². The molecule has 0 spiro atoms. The summed E-state index contributed by atoms with van der Waals surface area (Å²) in [5, 5.41) is 0.883. The predicted molar refractivity (Wildman–Crippen MR) is 128 cm³/mol. The van der Waals surface area contributed by atoms with Crippen molar-refractivity contribution in [3.63, 3.8) is 0 Å². The standard InChI is InChI=1S/C26H23N3O2S/c1-16-7-9-19(10-8-16)15-29-22-14-20(11-12-23(22)31-17(2)26(29)30)24-18(3)32-25(28-24)21-6-4-5-13-27-21/h4-14,17H,15H2,1-3H3. The molecule has 1 aliphatic heterocycles. The fraction of sp³-hybridized carbons (Fsp3) is 0.192. The highest BCUT2D eigenvalue weighted by atomic mass is 32.1. The number of anilines is 1. The van der Waals surface area contributed by atoms with Crippen LogP contribution in [0.4, 0.5) is 5.69 Å². The molecule has 0 fully saturated rings. The third kappa shape index (κ3) is 3.78. The molecule has 0 saturated carbocycles. The van der Waals surface area contributed by atoms with Gasteiger partial charge in [0.05, 0.1) is 23.6 Å². The SMILES string of the molecule is Cc1ccc(CN2C(=O)C(C)Oc3ccc(-c4nc(-c5ccccn5)sc4C)cc32)cc1. The number of amides is 1. The maximum absolute atomic E-state index is 13.0. The maximum Gasteiger partial charge on any atom is 0.268 e. The Hall–Kier alpha value is -3.51. The van der Waals surface area contributed by atoms with E-state index >= 15 is 0 Å². The molecule has 0 saturated heterocycles. The number of fused-ring (bicyclic) bond motifs is 1. The fourth-order valence-corrected chi connectivity index (χ4v) is 4.77. The number of rotatable bonds is 4. The Morgan fingerprint density at radius 3 is 2.62 bits per heavy atom. The summed E-state index contributed by atoms with van der Waals surface area (Å²) in [7, 11) is 0. The summed E-state index contributed by atoms with van der Waals surface area (Å²) >= 11 is 1.62. The first kappa shape index (κ1) is 20.4. The zero-order chi connectivity index (χ0) is 22.2. The van der Waals surface area contributed by atoms with Gasteiger partial charge in [-0.05, 0) is 56.7 Å². The minimum absolute atomic E-state index is 0.0422. The lowest BCUT2D eigenvalue weighted by molar-refractivity contribution is -0.125. The van der Waals surface area contributed by atoms with E-state index in [1.54, 1.807) is 24.5 Å². The zero-order valence-electron chi connectivity index (χ0n) is 18.2. The van der Waals surface area contributed by atoms with Gasteiger partial charge in [-0.3, -0.25) is 9.78 Å². The van der Waals surface area contributed by atoms with Gasteiger partial charge >= 0.3 is 0 Å². The largest absolute Gasteiger partial charge is 0.479 e. The Bertz CT molecular complexity index is 1280. The van der Waals surface area contributed by atoms with Crippen LogP contribution in [-0.2, 0) is 11.3 Å². The number of benzene rings is 2. The lowest BCUT2D eigenvalue weighted by Gasteiger charge is -2.33. The van der Waals surface area contributed by atoms with Gasteiger partial charge in [-0.15, -0.1) is 11.3 Å². The number of hydrogen-bond acceptors (Lipinski definition) is 5. The number of carbonyl (C=O) groups excluding carboxylic acids is 1. The molecule has 32 heavy (non-hydrogen) atoms. The lowest BCUT2D eigenvalue weighted by atomic mass is 10.1. The highest BCUT2D eigenvalue weighted by Gasteiger charge is 2.32. The van der Waals surface area contributed by atoms with Crippen molar-refractivity contribution in [3.8, 4) is 27.7 Å². The highest BCUT2D eigenvalue weighted by Crippen LogP contribution is 2.40. The van der Waals surface area contributed by atoms with Crippen molar-refractivity contribution in [2.45, 2.75) is 33.4 Å². The van der Waals surface area contributed by atoms with E-state index in [0.29, 0.717) is 12.3 Å². The molecule has 0 aliphatic carbocycles. The molecule has 160 valence electrons. The molecule has 0 radical (unpaired) electrons. The number of aryl methyl sites for hydroxylation is 2. The number of ether oxygens (including phenoxy) is 1. The van der Waals surface area contributed by atoms with Crippen LogP contribution >= 0.6 is 11.3 Å². The first-order valence-electron chi connectivity index (χ1n) is 10.6. The molecule has 1 aliphatic rings. The quantitative estimate of drug-likeness (QED) is 0.401. The Kier molecular flexibility index (Phi) is 5.23. The van der Waals surface area contributed by atoms with E-state index in [0.717, 1.165) is 38.1 Å². The van der Waals surface area contributed by atoms with E-state index < -0.39 is 6.10 Å². The van der Waals surface area contributed by atoms with Crippen LogP contribution in [0.15, 0.2) is 66.9 Å².